The van der Waals surface area contributed by atoms with E-state index in [4.69, 9.17) is 12.2 Å². The normalized spacial score (nSPS) is 31.9. The number of terminal acetylenes is 1. The zero-order valence-corrected chi connectivity index (χ0v) is 15.1. The number of phenolic OH excluding ortho intramolecular Hbond substituents is 1. The van der Waals surface area contributed by atoms with Gasteiger partial charge < -0.3 is 26.2 Å². The summed E-state index contributed by atoms with van der Waals surface area (Å²) >= 11 is 0. The molecule has 144 valence electrons. The Labute approximate surface area is 160 Å². The lowest BCUT2D eigenvalue weighted by molar-refractivity contribution is -0.148. The third-order valence-electron chi connectivity index (χ3n) is 6.29. The molecule has 0 heterocycles. The first-order valence-electron chi connectivity index (χ1n) is 8.86. The first kappa shape index (κ1) is 18.3. The van der Waals surface area contributed by atoms with Crippen molar-refractivity contribution in [1.29, 1.82) is 0 Å². The highest BCUT2D eigenvalue weighted by Crippen LogP contribution is 2.51. The Bertz CT molecular complexity index is 1060. The highest BCUT2D eigenvalue weighted by atomic mass is 16.3. The summed E-state index contributed by atoms with van der Waals surface area (Å²) in [6.07, 6.45) is 5.84. The highest BCUT2D eigenvalue weighted by molar-refractivity contribution is 6.14. The summed E-state index contributed by atoms with van der Waals surface area (Å²) < 4.78 is 0. The number of hydrogen-bond donors (Lipinski definition) is 5. The molecule has 1 aromatic carbocycles. The number of aliphatic hydroxyl groups is 3. The molecule has 3 aliphatic rings. The fraction of sp³-hybridized carbons (Fsp3) is 0.333. The van der Waals surface area contributed by atoms with E-state index < -0.39 is 46.6 Å². The van der Waals surface area contributed by atoms with Gasteiger partial charge in [0.05, 0.1) is 11.6 Å². The number of hydrogen-bond acceptors (Lipinski definition) is 7. The van der Waals surface area contributed by atoms with Crippen LogP contribution in [0.25, 0.3) is 5.76 Å². The molecule has 6 N–H and O–H groups in total. The van der Waals surface area contributed by atoms with E-state index in [-0.39, 0.29) is 35.3 Å². The number of benzene rings is 1. The molecule has 1 fully saturated rings. The molecule has 0 aliphatic heterocycles. The van der Waals surface area contributed by atoms with Crippen molar-refractivity contribution in [1.82, 2.24) is 0 Å². The number of fused-ring (bicyclic) bond motifs is 3. The quantitative estimate of drug-likeness (QED) is 0.420. The van der Waals surface area contributed by atoms with Crippen LogP contribution < -0.4 is 5.73 Å². The number of aliphatic hydroxyl groups excluding tert-OH is 2. The monoisotopic (exact) mass is 381 g/mol. The van der Waals surface area contributed by atoms with Crippen LogP contribution in [0.1, 0.15) is 30.0 Å². The van der Waals surface area contributed by atoms with Gasteiger partial charge in [-0.2, -0.15) is 0 Å². The van der Waals surface area contributed by atoms with Gasteiger partial charge in [0.15, 0.2) is 11.4 Å². The summed E-state index contributed by atoms with van der Waals surface area (Å²) in [5, 5.41) is 42.6. The molecule has 0 radical (unpaired) electrons. The molecule has 4 rings (SSSR count). The largest absolute Gasteiger partial charge is 0.508 e. The fourth-order valence-corrected chi connectivity index (χ4v) is 4.79. The summed E-state index contributed by atoms with van der Waals surface area (Å²) in [5.41, 5.74) is 4.37. The van der Waals surface area contributed by atoms with Crippen molar-refractivity contribution in [3.05, 3.63) is 45.7 Å². The van der Waals surface area contributed by atoms with E-state index in [1.165, 1.54) is 13.0 Å². The Kier molecular flexibility index (Phi) is 3.73. The minimum atomic E-state index is -2.39. The molecule has 0 bridgehead atoms. The van der Waals surface area contributed by atoms with E-state index in [2.05, 4.69) is 5.92 Å². The molecule has 0 amide bonds. The van der Waals surface area contributed by atoms with Crippen LogP contribution >= 0.6 is 0 Å². The van der Waals surface area contributed by atoms with Gasteiger partial charge in [-0.3, -0.25) is 9.59 Å². The molecule has 0 saturated heterocycles. The Morgan fingerprint density at radius 3 is 2.57 bits per heavy atom. The van der Waals surface area contributed by atoms with Crippen LogP contribution in [0.4, 0.5) is 0 Å². The summed E-state index contributed by atoms with van der Waals surface area (Å²) in [7, 11) is 0. The molecule has 1 aromatic rings. The molecule has 0 aromatic heterocycles. The van der Waals surface area contributed by atoms with Gasteiger partial charge >= 0.3 is 0 Å². The van der Waals surface area contributed by atoms with Crippen LogP contribution in [0, 0.1) is 24.2 Å². The topological polar surface area (TPSA) is 141 Å². The second-order valence-electron chi connectivity index (χ2n) is 7.59. The molecule has 7 heteroatoms. The summed E-state index contributed by atoms with van der Waals surface area (Å²) in [4.78, 5) is 25.6. The average Bonchev–Trinajstić information content (AvgIpc) is 2.67. The predicted octanol–water partition coefficient (Wildman–Crippen LogP) is 0.877. The minimum Gasteiger partial charge on any atom is -0.508 e. The zero-order chi connectivity index (χ0) is 20.5. The summed E-state index contributed by atoms with van der Waals surface area (Å²) in [5.74, 6) is -2.01. The van der Waals surface area contributed by atoms with Crippen molar-refractivity contribution < 1.29 is 30.0 Å². The van der Waals surface area contributed by atoms with E-state index in [0.717, 1.165) is 0 Å². The Morgan fingerprint density at radius 1 is 1.25 bits per heavy atom. The van der Waals surface area contributed by atoms with Gasteiger partial charge in [0, 0.05) is 22.6 Å². The number of aromatic hydroxyl groups is 1. The fourth-order valence-electron chi connectivity index (χ4n) is 4.79. The number of rotatable bonds is 0. The first-order chi connectivity index (χ1) is 13.1. The first-order valence-corrected chi connectivity index (χ1v) is 8.86. The molecule has 1 saturated carbocycles. The number of carbonyl (C=O) groups excluding carboxylic acids is 2. The van der Waals surface area contributed by atoms with E-state index >= 15 is 0 Å². The SMILES string of the molecule is C#Cc1ccc(O)c2c1CC1CC3C(N)C(=O)C(C)=C(O)[C@@]3(O)C(=O)C1=C2O. The molecule has 3 unspecified atom stereocenters. The van der Waals surface area contributed by atoms with Gasteiger partial charge in [-0.05, 0) is 43.4 Å². The van der Waals surface area contributed by atoms with Gasteiger partial charge in [0.1, 0.15) is 17.3 Å². The van der Waals surface area contributed by atoms with Gasteiger partial charge in [-0.25, -0.2) is 0 Å². The molecule has 3 aliphatic carbocycles. The second kappa shape index (κ2) is 5.71. The number of Topliss-reactive ketones (excluding diaryl/α,β-unsaturated/α-hetero) is 2. The van der Waals surface area contributed by atoms with E-state index in [1.54, 1.807) is 6.07 Å². The van der Waals surface area contributed by atoms with Gasteiger partial charge in [0.2, 0.25) is 5.78 Å². The predicted molar refractivity (Wildman–Crippen MR) is 99.2 cm³/mol. The third kappa shape index (κ3) is 2.02. The van der Waals surface area contributed by atoms with E-state index in [9.17, 15) is 30.0 Å². The number of phenols is 1. The summed E-state index contributed by atoms with van der Waals surface area (Å²) in [6.45, 7) is 1.29. The van der Waals surface area contributed by atoms with Crippen molar-refractivity contribution in [3.63, 3.8) is 0 Å². The maximum absolute atomic E-state index is 13.3. The molecule has 4 atom stereocenters. The molecular formula is C21H19NO6. The van der Waals surface area contributed by atoms with Crippen molar-refractivity contribution in [2.75, 3.05) is 0 Å². The smallest absolute Gasteiger partial charge is 0.202 e. The molecule has 7 nitrogen and oxygen atoms in total. The minimum absolute atomic E-state index is 0.0495. The average molecular weight is 381 g/mol. The lowest BCUT2D eigenvalue weighted by atomic mass is 9.58. The van der Waals surface area contributed by atoms with Gasteiger partial charge in [-0.15, -0.1) is 6.42 Å². The maximum atomic E-state index is 13.3. The van der Waals surface area contributed by atoms with Crippen LogP contribution in [-0.4, -0.2) is 43.6 Å². The van der Waals surface area contributed by atoms with Gasteiger partial charge in [0.25, 0.3) is 0 Å². The lowest BCUT2D eigenvalue weighted by Gasteiger charge is -2.48. The Balaban J connectivity index is 1.98. The maximum Gasteiger partial charge on any atom is 0.202 e. The highest BCUT2D eigenvalue weighted by Gasteiger charge is 2.61. The molecule has 28 heavy (non-hydrogen) atoms. The number of nitrogens with two attached hydrogens (primary N) is 1. The lowest BCUT2D eigenvalue weighted by Crippen LogP contribution is -2.64. The summed E-state index contributed by atoms with van der Waals surface area (Å²) in [6, 6.07) is 1.71. The molecule has 0 spiro atoms. The van der Waals surface area contributed by atoms with Crippen LogP contribution in [0.3, 0.4) is 0 Å². The van der Waals surface area contributed by atoms with Crippen molar-refractivity contribution in [2.45, 2.75) is 31.4 Å². The zero-order valence-electron chi connectivity index (χ0n) is 15.1. The third-order valence-corrected chi connectivity index (χ3v) is 6.29. The standard InChI is InChI=1S/C21H19NO6/c1-3-9-4-5-13(23)15-11(9)6-10-7-12-16(22)17(24)8(2)19(26)21(12,28)20(27)14(10)18(15)25/h1,4-5,10,12,16,23,25-26,28H,6-7,22H2,2H3/t10?,12?,16?,21-/m1/s1. The van der Waals surface area contributed by atoms with Crippen LogP contribution in [0.2, 0.25) is 0 Å². The Hall–Kier alpha value is -3.08. The Morgan fingerprint density at radius 2 is 1.93 bits per heavy atom. The van der Waals surface area contributed by atoms with E-state index in [0.29, 0.717) is 11.1 Å². The number of ketones is 2. The van der Waals surface area contributed by atoms with Crippen molar-refractivity contribution in [2.24, 2.45) is 17.6 Å². The van der Waals surface area contributed by atoms with Crippen LogP contribution in [-0.2, 0) is 16.0 Å². The second-order valence-corrected chi connectivity index (χ2v) is 7.59. The van der Waals surface area contributed by atoms with Crippen molar-refractivity contribution in [3.8, 4) is 18.1 Å². The van der Waals surface area contributed by atoms with Crippen LogP contribution in [0.5, 0.6) is 5.75 Å². The van der Waals surface area contributed by atoms with Crippen LogP contribution in [0.15, 0.2) is 29.0 Å². The van der Waals surface area contributed by atoms with Gasteiger partial charge in [-0.1, -0.05) is 5.92 Å². The number of carbonyl (C=O) groups is 2. The van der Waals surface area contributed by atoms with Crippen molar-refractivity contribution >= 4 is 17.3 Å². The molecular weight excluding hydrogens is 362 g/mol. The van der Waals surface area contributed by atoms with E-state index in [1.807, 2.05) is 0 Å².